The molecule has 3 heterocycles. The lowest BCUT2D eigenvalue weighted by atomic mass is 10.1. The molecular formula is C18H18N6O3. The first-order valence-electron chi connectivity index (χ1n) is 8.56. The number of fused-ring (bicyclic) bond motifs is 1. The second-order valence-electron chi connectivity index (χ2n) is 6.23. The first-order chi connectivity index (χ1) is 13.2. The fourth-order valence-electron chi connectivity index (χ4n) is 3.14. The number of benzene rings is 1. The Morgan fingerprint density at radius 3 is 2.70 bits per heavy atom. The minimum atomic E-state index is -0.476. The van der Waals surface area contributed by atoms with Crippen LogP contribution in [0, 0.1) is 0 Å². The van der Waals surface area contributed by atoms with Crippen molar-refractivity contribution in [3.05, 3.63) is 53.6 Å². The summed E-state index contributed by atoms with van der Waals surface area (Å²) >= 11 is 0. The number of H-pyrrole nitrogens is 1. The number of ether oxygens (including phenoxy) is 1. The van der Waals surface area contributed by atoms with Crippen LogP contribution >= 0.6 is 0 Å². The molecule has 0 unspecified atom stereocenters. The van der Waals surface area contributed by atoms with E-state index in [1.54, 1.807) is 27.8 Å². The van der Waals surface area contributed by atoms with Crippen molar-refractivity contribution in [1.29, 1.82) is 0 Å². The van der Waals surface area contributed by atoms with Crippen molar-refractivity contribution in [2.24, 2.45) is 0 Å². The van der Waals surface area contributed by atoms with Crippen molar-refractivity contribution < 1.29 is 14.3 Å². The van der Waals surface area contributed by atoms with Gasteiger partial charge < -0.3 is 9.64 Å². The van der Waals surface area contributed by atoms with Crippen LogP contribution in [-0.4, -0.2) is 55.4 Å². The highest BCUT2D eigenvalue weighted by molar-refractivity contribution is 5.94. The first kappa shape index (κ1) is 17.0. The summed E-state index contributed by atoms with van der Waals surface area (Å²) in [5.74, 6) is 0.118. The van der Waals surface area contributed by atoms with Crippen molar-refractivity contribution in [2.45, 2.75) is 19.5 Å². The molecule has 1 N–H and O–H groups in total. The number of methoxy groups -OCH3 is 1. The highest BCUT2D eigenvalue weighted by Crippen LogP contribution is 2.19. The molecule has 2 aromatic heterocycles. The quantitative estimate of drug-likeness (QED) is 0.704. The Morgan fingerprint density at radius 2 is 2.00 bits per heavy atom. The van der Waals surface area contributed by atoms with E-state index in [0.717, 1.165) is 17.7 Å². The summed E-state index contributed by atoms with van der Waals surface area (Å²) in [6.07, 6.45) is 2.20. The van der Waals surface area contributed by atoms with Crippen molar-refractivity contribution >= 4 is 11.9 Å². The number of esters is 1. The van der Waals surface area contributed by atoms with Crippen molar-refractivity contribution in [3.8, 4) is 11.4 Å². The summed E-state index contributed by atoms with van der Waals surface area (Å²) in [4.78, 5) is 30.5. The van der Waals surface area contributed by atoms with Crippen LogP contribution in [0.1, 0.15) is 33.0 Å². The van der Waals surface area contributed by atoms with E-state index in [1.165, 1.54) is 13.4 Å². The molecule has 1 aliphatic heterocycles. The molecule has 1 aliphatic rings. The van der Waals surface area contributed by atoms with Crippen LogP contribution in [0.2, 0.25) is 0 Å². The third kappa shape index (κ3) is 3.31. The lowest BCUT2D eigenvalue weighted by molar-refractivity contribution is 0.0593. The van der Waals surface area contributed by atoms with Crippen LogP contribution in [-0.2, 0) is 17.8 Å². The predicted octanol–water partition coefficient (Wildman–Crippen LogP) is 1.50. The lowest BCUT2D eigenvalue weighted by Gasteiger charge is -2.20. The largest absolute Gasteiger partial charge is 0.464 e. The molecule has 138 valence electrons. The summed E-state index contributed by atoms with van der Waals surface area (Å²) in [6, 6.07) is 8.92. The SMILES string of the molecule is COC(=O)c1cc2n(n1)CCCN(C(=O)c1ccc(-c3ncn[nH]3)cc1)C2. The van der Waals surface area contributed by atoms with Crippen LogP contribution in [0.3, 0.4) is 0 Å². The maximum Gasteiger partial charge on any atom is 0.358 e. The Hall–Kier alpha value is -3.49. The number of aromatic amines is 1. The van der Waals surface area contributed by atoms with Gasteiger partial charge in [0.05, 0.1) is 19.3 Å². The van der Waals surface area contributed by atoms with Gasteiger partial charge in [-0.25, -0.2) is 9.78 Å². The maximum absolute atomic E-state index is 12.9. The number of hydrogen-bond acceptors (Lipinski definition) is 6. The molecule has 9 nitrogen and oxygen atoms in total. The number of aromatic nitrogens is 5. The summed E-state index contributed by atoms with van der Waals surface area (Å²) in [6.45, 7) is 1.67. The Balaban J connectivity index is 1.53. The lowest BCUT2D eigenvalue weighted by Crippen LogP contribution is -2.30. The number of hydrogen-bond donors (Lipinski definition) is 1. The summed E-state index contributed by atoms with van der Waals surface area (Å²) < 4.78 is 6.49. The van der Waals surface area contributed by atoms with E-state index in [1.807, 2.05) is 12.1 Å². The van der Waals surface area contributed by atoms with E-state index in [-0.39, 0.29) is 11.6 Å². The van der Waals surface area contributed by atoms with Crippen LogP contribution in [0.25, 0.3) is 11.4 Å². The topological polar surface area (TPSA) is 106 Å². The Morgan fingerprint density at radius 1 is 1.19 bits per heavy atom. The van der Waals surface area contributed by atoms with Crippen molar-refractivity contribution in [3.63, 3.8) is 0 Å². The second kappa shape index (κ2) is 7.02. The number of amides is 1. The maximum atomic E-state index is 12.9. The molecule has 0 aliphatic carbocycles. The normalized spacial score (nSPS) is 13.7. The van der Waals surface area contributed by atoms with Gasteiger partial charge >= 0.3 is 5.97 Å². The third-order valence-corrected chi connectivity index (χ3v) is 4.52. The van der Waals surface area contributed by atoms with E-state index in [9.17, 15) is 9.59 Å². The molecule has 27 heavy (non-hydrogen) atoms. The number of nitrogens with one attached hydrogen (secondary N) is 1. The van der Waals surface area contributed by atoms with Gasteiger partial charge in [0.2, 0.25) is 0 Å². The van der Waals surface area contributed by atoms with Gasteiger partial charge in [0.25, 0.3) is 5.91 Å². The average molecular weight is 366 g/mol. The molecule has 0 radical (unpaired) electrons. The third-order valence-electron chi connectivity index (χ3n) is 4.52. The molecular weight excluding hydrogens is 348 g/mol. The number of carbonyl (C=O) groups is 2. The van der Waals surface area contributed by atoms with Crippen LogP contribution < -0.4 is 0 Å². The molecule has 0 atom stereocenters. The monoisotopic (exact) mass is 366 g/mol. The zero-order chi connectivity index (χ0) is 18.8. The molecule has 0 saturated carbocycles. The zero-order valence-corrected chi connectivity index (χ0v) is 14.8. The Bertz CT molecular complexity index is 962. The average Bonchev–Trinajstić information content (AvgIpc) is 3.33. The smallest absolute Gasteiger partial charge is 0.358 e. The Kier molecular flexibility index (Phi) is 4.41. The van der Waals surface area contributed by atoms with Gasteiger partial charge in [-0.1, -0.05) is 12.1 Å². The van der Waals surface area contributed by atoms with Gasteiger partial charge in [-0.2, -0.15) is 10.2 Å². The van der Waals surface area contributed by atoms with Gasteiger partial charge in [-0.05, 0) is 24.6 Å². The van der Waals surface area contributed by atoms with E-state index >= 15 is 0 Å². The van der Waals surface area contributed by atoms with Gasteiger partial charge in [-0.3, -0.25) is 14.6 Å². The summed E-state index contributed by atoms with van der Waals surface area (Å²) in [5, 5.41) is 10.9. The molecule has 1 amide bonds. The predicted molar refractivity (Wildman–Crippen MR) is 94.7 cm³/mol. The van der Waals surface area contributed by atoms with Gasteiger partial charge in [0.1, 0.15) is 6.33 Å². The minimum Gasteiger partial charge on any atom is -0.464 e. The van der Waals surface area contributed by atoms with Crippen molar-refractivity contribution in [1.82, 2.24) is 29.9 Å². The number of aryl methyl sites for hydroxylation is 1. The van der Waals surface area contributed by atoms with E-state index in [4.69, 9.17) is 4.74 Å². The highest BCUT2D eigenvalue weighted by atomic mass is 16.5. The Labute approximate surface area is 155 Å². The van der Waals surface area contributed by atoms with E-state index in [2.05, 4.69) is 20.3 Å². The molecule has 1 aromatic carbocycles. The molecule has 4 rings (SSSR count). The van der Waals surface area contributed by atoms with Gasteiger partial charge in [-0.15, -0.1) is 0 Å². The molecule has 0 saturated heterocycles. The molecule has 0 spiro atoms. The van der Waals surface area contributed by atoms with Gasteiger partial charge in [0.15, 0.2) is 11.5 Å². The van der Waals surface area contributed by atoms with E-state index < -0.39 is 5.97 Å². The molecule has 0 fully saturated rings. The van der Waals surface area contributed by atoms with E-state index in [0.29, 0.717) is 31.0 Å². The van der Waals surface area contributed by atoms with Crippen LogP contribution in [0.4, 0.5) is 0 Å². The summed E-state index contributed by atoms with van der Waals surface area (Å²) in [5.41, 5.74) is 2.54. The summed E-state index contributed by atoms with van der Waals surface area (Å²) in [7, 11) is 1.32. The zero-order valence-electron chi connectivity index (χ0n) is 14.8. The molecule has 3 aromatic rings. The number of nitrogens with zero attached hydrogens (tertiary/aromatic N) is 5. The minimum absolute atomic E-state index is 0.0617. The van der Waals surface area contributed by atoms with Crippen LogP contribution in [0.5, 0.6) is 0 Å². The fraction of sp³-hybridized carbons (Fsp3) is 0.278. The second-order valence-corrected chi connectivity index (χ2v) is 6.23. The fourth-order valence-corrected chi connectivity index (χ4v) is 3.14. The number of rotatable bonds is 3. The molecule has 9 heteroatoms. The highest BCUT2D eigenvalue weighted by Gasteiger charge is 2.23. The number of carbonyl (C=O) groups excluding carboxylic acids is 2. The standard InChI is InChI=1S/C18H18N6O3/c1-27-18(26)15-9-14-10-23(7-2-8-24(14)22-15)17(25)13-5-3-12(4-6-13)16-19-11-20-21-16/h3-6,9,11H,2,7-8,10H2,1H3,(H,19,20,21). The first-order valence-corrected chi connectivity index (χ1v) is 8.56. The van der Waals surface area contributed by atoms with Crippen LogP contribution in [0.15, 0.2) is 36.7 Å². The van der Waals surface area contributed by atoms with Gasteiger partial charge in [0, 0.05) is 24.2 Å². The van der Waals surface area contributed by atoms with Crippen molar-refractivity contribution in [2.75, 3.05) is 13.7 Å². The molecule has 0 bridgehead atoms.